The first kappa shape index (κ1) is 13.0. The normalized spacial score (nSPS) is 30.8. The third-order valence-electron chi connectivity index (χ3n) is 5.14. The van der Waals surface area contributed by atoms with Crippen molar-refractivity contribution in [1.29, 1.82) is 0 Å². The standard InChI is InChI=1S/C16H21F2N/c1-9-5-15(18)13(8-14(9)17)16(19-2)12-7-10-3-4-11(12)6-10/h5,8,10-12,16,19H,3-4,6-7H2,1-2H3. The highest BCUT2D eigenvalue weighted by Gasteiger charge is 2.43. The van der Waals surface area contributed by atoms with E-state index in [1.165, 1.54) is 31.4 Å². The average Bonchev–Trinajstić information content (AvgIpc) is 2.99. The largest absolute Gasteiger partial charge is 0.313 e. The lowest BCUT2D eigenvalue weighted by molar-refractivity contribution is 0.255. The van der Waals surface area contributed by atoms with Crippen LogP contribution in [0.4, 0.5) is 8.78 Å². The number of halogens is 2. The molecule has 0 aromatic heterocycles. The number of aryl methyl sites for hydroxylation is 1. The Labute approximate surface area is 113 Å². The molecular weight excluding hydrogens is 244 g/mol. The van der Waals surface area contributed by atoms with Gasteiger partial charge in [-0.05, 0) is 68.7 Å². The second-order valence-electron chi connectivity index (χ2n) is 6.23. The fourth-order valence-corrected chi connectivity index (χ4v) is 4.20. The van der Waals surface area contributed by atoms with E-state index in [4.69, 9.17) is 0 Å². The van der Waals surface area contributed by atoms with Crippen LogP contribution in [0.25, 0.3) is 0 Å². The van der Waals surface area contributed by atoms with E-state index in [2.05, 4.69) is 5.32 Å². The van der Waals surface area contributed by atoms with Gasteiger partial charge in [0.1, 0.15) is 11.6 Å². The minimum Gasteiger partial charge on any atom is -0.313 e. The van der Waals surface area contributed by atoms with E-state index >= 15 is 0 Å². The van der Waals surface area contributed by atoms with Gasteiger partial charge in [0.05, 0.1) is 0 Å². The Balaban J connectivity index is 1.92. The molecule has 4 unspecified atom stereocenters. The van der Waals surface area contributed by atoms with Gasteiger partial charge < -0.3 is 5.32 Å². The van der Waals surface area contributed by atoms with Gasteiger partial charge in [0.2, 0.25) is 0 Å². The molecule has 0 saturated heterocycles. The smallest absolute Gasteiger partial charge is 0.128 e. The van der Waals surface area contributed by atoms with E-state index < -0.39 is 0 Å². The van der Waals surface area contributed by atoms with Crippen LogP contribution in [0.3, 0.4) is 0 Å². The molecule has 4 atom stereocenters. The fraction of sp³-hybridized carbons (Fsp3) is 0.625. The predicted molar refractivity (Wildman–Crippen MR) is 71.8 cm³/mol. The molecule has 2 aliphatic rings. The minimum absolute atomic E-state index is 0.0506. The minimum atomic E-state index is -0.306. The van der Waals surface area contributed by atoms with E-state index in [0.717, 1.165) is 12.3 Å². The number of hydrogen-bond acceptors (Lipinski definition) is 1. The topological polar surface area (TPSA) is 12.0 Å². The van der Waals surface area contributed by atoms with Crippen molar-refractivity contribution in [2.75, 3.05) is 7.05 Å². The van der Waals surface area contributed by atoms with Gasteiger partial charge in [0.15, 0.2) is 0 Å². The Hall–Kier alpha value is -0.960. The van der Waals surface area contributed by atoms with Crippen molar-refractivity contribution in [2.24, 2.45) is 17.8 Å². The highest BCUT2D eigenvalue weighted by Crippen LogP contribution is 2.52. The van der Waals surface area contributed by atoms with Crippen LogP contribution in [0.1, 0.15) is 42.9 Å². The Morgan fingerprint density at radius 2 is 1.95 bits per heavy atom. The zero-order valence-corrected chi connectivity index (χ0v) is 11.5. The van der Waals surface area contributed by atoms with Gasteiger partial charge in [-0.1, -0.05) is 6.42 Å². The highest BCUT2D eigenvalue weighted by molar-refractivity contribution is 5.28. The van der Waals surface area contributed by atoms with Crippen LogP contribution in [-0.4, -0.2) is 7.05 Å². The molecule has 2 aliphatic carbocycles. The number of nitrogens with one attached hydrogen (secondary N) is 1. The van der Waals surface area contributed by atoms with Crippen molar-refractivity contribution >= 4 is 0 Å². The maximum Gasteiger partial charge on any atom is 0.128 e. The first-order chi connectivity index (χ1) is 9.10. The van der Waals surface area contributed by atoms with Gasteiger partial charge in [-0.15, -0.1) is 0 Å². The summed E-state index contributed by atoms with van der Waals surface area (Å²) in [5.41, 5.74) is 0.882. The summed E-state index contributed by atoms with van der Waals surface area (Å²) in [5, 5.41) is 3.23. The molecule has 0 amide bonds. The molecule has 1 nitrogen and oxygen atoms in total. The monoisotopic (exact) mass is 265 g/mol. The highest BCUT2D eigenvalue weighted by atomic mass is 19.1. The first-order valence-corrected chi connectivity index (χ1v) is 7.23. The summed E-state index contributed by atoms with van der Waals surface area (Å²) >= 11 is 0. The molecule has 19 heavy (non-hydrogen) atoms. The van der Waals surface area contributed by atoms with Crippen molar-refractivity contribution in [1.82, 2.24) is 5.32 Å². The SMILES string of the molecule is CNC(c1cc(F)c(C)cc1F)C1CC2CCC1C2. The zero-order valence-electron chi connectivity index (χ0n) is 11.5. The number of benzene rings is 1. The molecule has 0 aliphatic heterocycles. The quantitative estimate of drug-likeness (QED) is 0.872. The first-order valence-electron chi connectivity index (χ1n) is 7.23. The summed E-state index contributed by atoms with van der Waals surface area (Å²) in [4.78, 5) is 0. The van der Waals surface area contributed by atoms with E-state index in [0.29, 0.717) is 23.0 Å². The van der Waals surface area contributed by atoms with Gasteiger partial charge in [-0.2, -0.15) is 0 Å². The molecule has 2 saturated carbocycles. The molecule has 2 bridgehead atoms. The molecular formula is C16H21F2N. The number of rotatable bonds is 3. The second-order valence-corrected chi connectivity index (χ2v) is 6.23. The van der Waals surface area contributed by atoms with Crippen molar-refractivity contribution < 1.29 is 8.78 Å². The van der Waals surface area contributed by atoms with E-state index in [1.54, 1.807) is 6.92 Å². The third kappa shape index (κ3) is 2.18. The van der Waals surface area contributed by atoms with Crippen LogP contribution in [0.2, 0.25) is 0 Å². The molecule has 104 valence electrons. The van der Waals surface area contributed by atoms with Gasteiger partial charge in [0.25, 0.3) is 0 Å². The summed E-state index contributed by atoms with van der Waals surface area (Å²) in [6.45, 7) is 1.61. The van der Waals surface area contributed by atoms with Crippen molar-refractivity contribution in [2.45, 2.75) is 38.6 Å². The predicted octanol–water partition coefficient (Wildman–Crippen LogP) is 3.97. The second kappa shape index (κ2) is 4.86. The Kier molecular flexibility index (Phi) is 3.34. The van der Waals surface area contributed by atoms with Crippen LogP contribution in [0.5, 0.6) is 0 Å². The molecule has 1 aromatic rings. The zero-order chi connectivity index (χ0) is 13.6. The van der Waals surface area contributed by atoms with E-state index in [-0.39, 0.29) is 17.7 Å². The van der Waals surface area contributed by atoms with Crippen LogP contribution in [-0.2, 0) is 0 Å². The lowest BCUT2D eigenvalue weighted by Crippen LogP contribution is -2.30. The van der Waals surface area contributed by atoms with Crippen molar-refractivity contribution in [3.63, 3.8) is 0 Å². The summed E-state index contributed by atoms with van der Waals surface area (Å²) in [6, 6.07) is 2.66. The van der Waals surface area contributed by atoms with Crippen LogP contribution < -0.4 is 5.32 Å². The van der Waals surface area contributed by atoms with Crippen LogP contribution in [0.15, 0.2) is 12.1 Å². The Morgan fingerprint density at radius 1 is 1.16 bits per heavy atom. The van der Waals surface area contributed by atoms with E-state index in [1.807, 2.05) is 7.05 Å². The molecule has 1 N–H and O–H groups in total. The van der Waals surface area contributed by atoms with Gasteiger partial charge in [-0.3, -0.25) is 0 Å². The average molecular weight is 265 g/mol. The molecule has 0 heterocycles. The number of hydrogen-bond donors (Lipinski definition) is 1. The Bertz CT molecular complexity index is 486. The molecule has 0 spiro atoms. The van der Waals surface area contributed by atoms with Crippen molar-refractivity contribution in [3.05, 3.63) is 34.9 Å². The van der Waals surface area contributed by atoms with E-state index in [9.17, 15) is 8.78 Å². The van der Waals surface area contributed by atoms with Gasteiger partial charge in [0, 0.05) is 11.6 Å². The molecule has 3 rings (SSSR count). The summed E-state index contributed by atoms with van der Waals surface area (Å²) < 4.78 is 27.9. The van der Waals surface area contributed by atoms with Gasteiger partial charge in [-0.25, -0.2) is 8.78 Å². The lowest BCUT2D eigenvalue weighted by atomic mass is 9.80. The summed E-state index contributed by atoms with van der Waals surface area (Å²) in [5.74, 6) is 1.37. The fourth-order valence-electron chi connectivity index (χ4n) is 4.20. The summed E-state index contributed by atoms with van der Waals surface area (Å²) in [6.07, 6.45) is 5.01. The Morgan fingerprint density at radius 3 is 2.53 bits per heavy atom. The lowest BCUT2D eigenvalue weighted by Gasteiger charge is -2.31. The van der Waals surface area contributed by atoms with Crippen LogP contribution in [0, 0.1) is 36.3 Å². The molecule has 0 radical (unpaired) electrons. The van der Waals surface area contributed by atoms with Crippen molar-refractivity contribution in [3.8, 4) is 0 Å². The van der Waals surface area contributed by atoms with Gasteiger partial charge >= 0.3 is 0 Å². The maximum atomic E-state index is 14.2. The molecule has 1 aromatic carbocycles. The molecule has 2 fully saturated rings. The third-order valence-corrected chi connectivity index (χ3v) is 5.14. The van der Waals surface area contributed by atoms with Crippen LogP contribution >= 0.6 is 0 Å². The summed E-state index contributed by atoms with van der Waals surface area (Å²) in [7, 11) is 1.86. The maximum absolute atomic E-state index is 14.2. The number of fused-ring (bicyclic) bond motifs is 2. The molecule has 3 heteroatoms.